The molecule has 3 rings (SSSR count). The van der Waals surface area contributed by atoms with E-state index >= 15 is 0 Å². The van der Waals surface area contributed by atoms with Gasteiger partial charge in [-0.2, -0.15) is 0 Å². The van der Waals surface area contributed by atoms with E-state index < -0.39 is 11.6 Å². The van der Waals surface area contributed by atoms with E-state index in [2.05, 4.69) is 10.3 Å². The molecule has 0 bridgehead atoms. The molecule has 1 aromatic heterocycles. The first-order valence-corrected chi connectivity index (χ1v) is 6.83. The molecule has 0 saturated heterocycles. The normalized spacial score (nSPS) is 14.7. The maximum Gasteiger partial charge on any atom is 0.222 e. The summed E-state index contributed by atoms with van der Waals surface area (Å²) in [7, 11) is 0. The van der Waals surface area contributed by atoms with Crippen LogP contribution in [0.5, 0.6) is 0 Å². The molecule has 20 heavy (non-hydrogen) atoms. The van der Waals surface area contributed by atoms with E-state index in [-0.39, 0.29) is 35.2 Å². The van der Waals surface area contributed by atoms with Gasteiger partial charge in [-0.25, -0.2) is 8.78 Å². The highest BCUT2D eigenvalue weighted by atomic mass is 32.1. The first-order valence-electron chi connectivity index (χ1n) is 6.42. The van der Waals surface area contributed by atoms with Crippen LogP contribution in [0.4, 0.5) is 8.78 Å². The number of rotatable bonds is 4. The number of aromatic nitrogens is 2. The molecule has 1 fully saturated rings. The fourth-order valence-electron chi connectivity index (χ4n) is 2.14. The van der Waals surface area contributed by atoms with Crippen molar-refractivity contribution < 1.29 is 13.6 Å². The number of aryl methyl sites for hydroxylation is 1. The standard InChI is InChI=1S/C13H13F2N3OS/c14-8-3-4-9-12(11(8)15)18(13(20)17-9)6-5-10(19)16-7-1-2-7/h3-4,7H,1-2,5-6H2,(H,16,19)(H,17,20). The number of carbonyl (C=O) groups excluding carboxylic acids is 1. The Morgan fingerprint density at radius 2 is 2.20 bits per heavy atom. The summed E-state index contributed by atoms with van der Waals surface area (Å²) in [5, 5.41) is 2.85. The fraction of sp³-hybridized carbons (Fsp3) is 0.385. The Labute approximate surface area is 118 Å². The van der Waals surface area contributed by atoms with Crippen LogP contribution in [-0.4, -0.2) is 21.5 Å². The summed E-state index contributed by atoms with van der Waals surface area (Å²) < 4.78 is 28.9. The molecular formula is C13H13F2N3OS. The topological polar surface area (TPSA) is 49.8 Å². The van der Waals surface area contributed by atoms with Crippen molar-refractivity contribution in [2.75, 3.05) is 0 Å². The number of benzene rings is 1. The van der Waals surface area contributed by atoms with Crippen molar-refractivity contribution in [3.63, 3.8) is 0 Å². The first-order chi connectivity index (χ1) is 9.56. The number of nitrogens with one attached hydrogen (secondary N) is 2. The van der Waals surface area contributed by atoms with Gasteiger partial charge in [0.15, 0.2) is 16.4 Å². The lowest BCUT2D eigenvalue weighted by Gasteiger charge is -2.06. The van der Waals surface area contributed by atoms with Gasteiger partial charge in [0.2, 0.25) is 5.91 Å². The van der Waals surface area contributed by atoms with Crippen molar-refractivity contribution in [2.45, 2.75) is 31.8 Å². The second-order valence-corrected chi connectivity index (χ2v) is 5.32. The molecule has 1 aromatic carbocycles. The van der Waals surface area contributed by atoms with Crippen molar-refractivity contribution in [1.82, 2.24) is 14.9 Å². The molecule has 1 aliphatic rings. The molecule has 2 aromatic rings. The third-order valence-corrected chi connectivity index (χ3v) is 3.65. The SMILES string of the molecule is O=C(CCn1c(=S)[nH]c2ccc(F)c(F)c21)NC1CC1. The van der Waals surface area contributed by atoms with Crippen LogP contribution >= 0.6 is 12.2 Å². The van der Waals surface area contributed by atoms with Crippen molar-refractivity contribution in [3.05, 3.63) is 28.5 Å². The Bertz CT molecular complexity index is 733. The lowest BCUT2D eigenvalue weighted by Crippen LogP contribution is -2.26. The number of H-pyrrole nitrogens is 1. The van der Waals surface area contributed by atoms with Gasteiger partial charge >= 0.3 is 0 Å². The fourth-order valence-corrected chi connectivity index (χ4v) is 2.44. The van der Waals surface area contributed by atoms with Crippen LogP contribution in [0.1, 0.15) is 19.3 Å². The molecule has 106 valence electrons. The molecule has 1 amide bonds. The summed E-state index contributed by atoms with van der Waals surface area (Å²) in [5.74, 6) is -1.97. The number of halogens is 2. The lowest BCUT2D eigenvalue weighted by atomic mass is 10.3. The highest BCUT2D eigenvalue weighted by Crippen LogP contribution is 2.21. The van der Waals surface area contributed by atoms with Gasteiger partial charge in [0.05, 0.1) is 5.52 Å². The van der Waals surface area contributed by atoms with Crippen LogP contribution in [-0.2, 0) is 11.3 Å². The van der Waals surface area contributed by atoms with Crippen LogP contribution in [0.25, 0.3) is 11.0 Å². The molecule has 7 heteroatoms. The molecule has 0 radical (unpaired) electrons. The number of hydrogen-bond donors (Lipinski definition) is 2. The van der Waals surface area contributed by atoms with Crippen LogP contribution in [0, 0.1) is 16.4 Å². The molecule has 1 saturated carbocycles. The zero-order valence-corrected chi connectivity index (χ0v) is 11.4. The number of hydrogen-bond acceptors (Lipinski definition) is 2. The third kappa shape index (κ3) is 2.45. The molecule has 0 unspecified atom stereocenters. The van der Waals surface area contributed by atoms with E-state index in [1.807, 2.05) is 0 Å². The Morgan fingerprint density at radius 3 is 2.90 bits per heavy atom. The summed E-state index contributed by atoms with van der Waals surface area (Å²) in [6, 6.07) is 2.77. The zero-order chi connectivity index (χ0) is 14.3. The van der Waals surface area contributed by atoms with Gasteiger partial charge in [-0.15, -0.1) is 0 Å². The first kappa shape index (κ1) is 13.2. The second kappa shape index (κ2) is 4.97. The van der Waals surface area contributed by atoms with Crippen molar-refractivity contribution in [1.29, 1.82) is 0 Å². The molecule has 0 atom stereocenters. The van der Waals surface area contributed by atoms with E-state index in [4.69, 9.17) is 12.2 Å². The molecular weight excluding hydrogens is 284 g/mol. The van der Waals surface area contributed by atoms with Crippen molar-refractivity contribution in [3.8, 4) is 0 Å². The van der Waals surface area contributed by atoms with Gasteiger partial charge < -0.3 is 14.9 Å². The van der Waals surface area contributed by atoms with Crippen LogP contribution in [0.2, 0.25) is 0 Å². The maximum absolute atomic E-state index is 13.9. The van der Waals surface area contributed by atoms with Crippen LogP contribution < -0.4 is 5.32 Å². The number of imidazole rings is 1. The minimum absolute atomic E-state index is 0.0780. The van der Waals surface area contributed by atoms with Crippen LogP contribution in [0.3, 0.4) is 0 Å². The minimum Gasteiger partial charge on any atom is -0.353 e. The average molecular weight is 297 g/mol. The lowest BCUT2D eigenvalue weighted by molar-refractivity contribution is -0.121. The Kier molecular flexibility index (Phi) is 3.29. The molecule has 0 spiro atoms. The van der Waals surface area contributed by atoms with Crippen molar-refractivity contribution >= 4 is 29.2 Å². The quantitative estimate of drug-likeness (QED) is 0.852. The van der Waals surface area contributed by atoms with Gasteiger partial charge in [0.25, 0.3) is 0 Å². The van der Waals surface area contributed by atoms with E-state index in [9.17, 15) is 13.6 Å². The largest absolute Gasteiger partial charge is 0.353 e. The van der Waals surface area contributed by atoms with Crippen LogP contribution in [0.15, 0.2) is 12.1 Å². The van der Waals surface area contributed by atoms with Crippen molar-refractivity contribution in [2.24, 2.45) is 0 Å². The number of amides is 1. The van der Waals surface area contributed by atoms with Gasteiger partial charge in [-0.3, -0.25) is 4.79 Å². The number of aromatic amines is 1. The Balaban J connectivity index is 1.86. The minimum atomic E-state index is -0.947. The average Bonchev–Trinajstić information content (AvgIpc) is 3.14. The summed E-state index contributed by atoms with van der Waals surface area (Å²) in [6.07, 6.45) is 2.21. The summed E-state index contributed by atoms with van der Waals surface area (Å²) in [5.41, 5.74) is 0.505. The van der Waals surface area contributed by atoms with Gasteiger partial charge in [0, 0.05) is 19.0 Å². The Morgan fingerprint density at radius 1 is 1.45 bits per heavy atom. The predicted molar refractivity (Wildman–Crippen MR) is 72.8 cm³/mol. The number of carbonyl (C=O) groups is 1. The maximum atomic E-state index is 13.9. The molecule has 1 heterocycles. The molecule has 1 aliphatic carbocycles. The summed E-state index contributed by atoms with van der Waals surface area (Å²) >= 11 is 5.09. The molecule has 0 aliphatic heterocycles. The second-order valence-electron chi connectivity index (χ2n) is 4.93. The highest BCUT2D eigenvalue weighted by Gasteiger charge is 2.23. The predicted octanol–water partition coefficient (Wildman–Crippen LogP) is 2.65. The van der Waals surface area contributed by atoms with E-state index in [0.717, 1.165) is 18.9 Å². The van der Waals surface area contributed by atoms with Gasteiger partial charge in [-0.05, 0) is 37.2 Å². The number of fused-ring (bicyclic) bond motifs is 1. The number of nitrogens with zero attached hydrogens (tertiary/aromatic N) is 1. The zero-order valence-electron chi connectivity index (χ0n) is 10.6. The molecule has 4 nitrogen and oxygen atoms in total. The smallest absolute Gasteiger partial charge is 0.222 e. The highest BCUT2D eigenvalue weighted by molar-refractivity contribution is 7.71. The summed E-state index contributed by atoms with van der Waals surface area (Å²) in [4.78, 5) is 14.5. The van der Waals surface area contributed by atoms with E-state index in [1.54, 1.807) is 0 Å². The third-order valence-electron chi connectivity index (χ3n) is 3.33. The summed E-state index contributed by atoms with van der Waals surface area (Å²) in [6.45, 7) is 0.220. The molecule has 2 N–H and O–H groups in total. The van der Waals surface area contributed by atoms with Gasteiger partial charge in [-0.1, -0.05) is 0 Å². The van der Waals surface area contributed by atoms with Gasteiger partial charge in [0.1, 0.15) is 5.52 Å². The monoisotopic (exact) mass is 297 g/mol. The Hall–Kier alpha value is -1.76. The van der Waals surface area contributed by atoms with E-state index in [0.29, 0.717) is 5.52 Å². The van der Waals surface area contributed by atoms with E-state index in [1.165, 1.54) is 10.6 Å².